The molecule has 164 valence electrons. The first kappa shape index (κ1) is 20.6. The van der Waals surface area contributed by atoms with Crippen molar-refractivity contribution in [3.8, 4) is 16.9 Å². The summed E-state index contributed by atoms with van der Waals surface area (Å²) < 4.78 is 3.45. The van der Waals surface area contributed by atoms with Crippen LogP contribution in [0.15, 0.2) is 73.1 Å². The third kappa shape index (κ3) is 3.87. The lowest BCUT2D eigenvalue weighted by atomic mass is 10.0. The van der Waals surface area contributed by atoms with E-state index in [1.165, 1.54) is 0 Å². The second kappa shape index (κ2) is 8.31. The predicted octanol–water partition coefficient (Wildman–Crippen LogP) is 4.82. The minimum atomic E-state index is -0.291. The standard InChI is InChI=1S/C25H23N7O/c1-16(2)32-24-21(14-26-32)20(13-22(27-24)19-12-8-7-9-17(19)3)25(33)28-23-15-31(30-29-23)18-10-5-4-6-11-18/h4-16H,1-3H3,(H,28,33). The lowest BCUT2D eigenvalue weighted by Crippen LogP contribution is -2.14. The van der Waals surface area contributed by atoms with Gasteiger partial charge in [-0.15, -0.1) is 5.10 Å². The zero-order valence-corrected chi connectivity index (χ0v) is 18.6. The Bertz CT molecular complexity index is 1450. The molecule has 2 aromatic carbocycles. The van der Waals surface area contributed by atoms with Gasteiger partial charge in [-0.2, -0.15) is 5.10 Å². The van der Waals surface area contributed by atoms with Gasteiger partial charge in [-0.05, 0) is 44.5 Å². The van der Waals surface area contributed by atoms with Crippen molar-refractivity contribution in [1.82, 2.24) is 29.8 Å². The van der Waals surface area contributed by atoms with E-state index in [1.54, 1.807) is 17.1 Å². The number of benzene rings is 2. The summed E-state index contributed by atoms with van der Waals surface area (Å²) in [5, 5.41) is 16.3. The number of aromatic nitrogens is 6. The summed E-state index contributed by atoms with van der Waals surface area (Å²) in [4.78, 5) is 18.2. The summed E-state index contributed by atoms with van der Waals surface area (Å²) in [6.07, 6.45) is 3.38. The Labute approximate surface area is 190 Å². The highest BCUT2D eigenvalue weighted by atomic mass is 16.1. The summed E-state index contributed by atoms with van der Waals surface area (Å²) in [5.41, 5.74) is 4.79. The van der Waals surface area contributed by atoms with Crippen LogP contribution in [0.5, 0.6) is 0 Å². The van der Waals surface area contributed by atoms with Crippen LogP contribution in [0.1, 0.15) is 35.8 Å². The summed E-state index contributed by atoms with van der Waals surface area (Å²) >= 11 is 0. The SMILES string of the molecule is Cc1ccccc1-c1cc(C(=O)Nc2cn(-c3ccccc3)nn2)c2cnn(C(C)C)c2n1. The molecular weight excluding hydrogens is 414 g/mol. The second-order valence-electron chi connectivity index (χ2n) is 8.13. The molecule has 33 heavy (non-hydrogen) atoms. The molecule has 3 heterocycles. The van der Waals surface area contributed by atoms with Crippen LogP contribution in [0.4, 0.5) is 5.82 Å². The summed E-state index contributed by atoms with van der Waals surface area (Å²) in [6.45, 7) is 6.11. The number of nitrogens with zero attached hydrogens (tertiary/aromatic N) is 6. The number of fused-ring (bicyclic) bond motifs is 1. The van der Waals surface area contributed by atoms with Crippen molar-refractivity contribution < 1.29 is 4.79 Å². The molecule has 0 aliphatic heterocycles. The number of hydrogen-bond acceptors (Lipinski definition) is 5. The third-order valence-electron chi connectivity index (χ3n) is 5.48. The fourth-order valence-electron chi connectivity index (χ4n) is 3.79. The maximum atomic E-state index is 13.4. The van der Waals surface area contributed by atoms with E-state index in [4.69, 9.17) is 4.98 Å². The molecule has 0 unspecified atom stereocenters. The number of anilines is 1. The number of carbonyl (C=O) groups excluding carboxylic acids is 1. The van der Waals surface area contributed by atoms with E-state index in [2.05, 4.69) is 20.7 Å². The monoisotopic (exact) mass is 437 g/mol. The third-order valence-corrected chi connectivity index (χ3v) is 5.48. The van der Waals surface area contributed by atoms with Gasteiger partial charge in [0.1, 0.15) is 0 Å². The fraction of sp³-hybridized carbons (Fsp3) is 0.160. The molecule has 5 rings (SSSR count). The van der Waals surface area contributed by atoms with Crippen LogP contribution in [-0.4, -0.2) is 35.7 Å². The molecule has 8 nitrogen and oxygen atoms in total. The number of amides is 1. The van der Waals surface area contributed by atoms with Crippen LogP contribution in [0.2, 0.25) is 0 Å². The van der Waals surface area contributed by atoms with Crippen LogP contribution in [0.3, 0.4) is 0 Å². The zero-order chi connectivity index (χ0) is 22.9. The number of aryl methyl sites for hydroxylation is 1. The smallest absolute Gasteiger partial charge is 0.257 e. The van der Waals surface area contributed by atoms with Gasteiger partial charge in [-0.3, -0.25) is 4.79 Å². The first-order valence-corrected chi connectivity index (χ1v) is 10.7. The van der Waals surface area contributed by atoms with Crippen LogP contribution in [0.25, 0.3) is 28.0 Å². The van der Waals surface area contributed by atoms with Gasteiger partial charge in [0.25, 0.3) is 5.91 Å². The summed E-state index contributed by atoms with van der Waals surface area (Å²) in [5.74, 6) is 0.0724. The average molecular weight is 438 g/mol. The van der Waals surface area contributed by atoms with E-state index in [9.17, 15) is 4.79 Å². The Balaban J connectivity index is 1.56. The summed E-state index contributed by atoms with van der Waals surface area (Å²) in [6, 6.07) is 19.5. The van der Waals surface area contributed by atoms with Crippen molar-refractivity contribution in [2.45, 2.75) is 26.8 Å². The molecule has 0 aliphatic rings. The van der Waals surface area contributed by atoms with E-state index in [-0.39, 0.29) is 11.9 Å². The van der Waals surface area contributed by atoms with Gasteiger partial charge in [-0.1, -0.05) is 47.7 Å². The van der Waals surface area contributed by atoms with Crippen molar-refractivity contribution in [2.24, 2.45) is 0 Å². The van der Waals surface area contributed by atoms with Gasteiger partial charge in [0.15, 0.2) is 11.5 Å². The largest absolute Gasteiger partial charge is 0.304 e. The molecule has 0 spiro atoms. The molecular formula is C25H23N7O. The van der Waals surface area contributed by atoms with Gasteiger partial charge in [-0.25, -0.2) is 14.3 Å². The topological polar surface area (TPSA) is 90.5 Å². The van der Waals surface area contributed by atoms with Crippen LogP contribution in [0, 0.1) is 6.92 Å². The maximum absolute atomic E-state index is 13.4. The van der Waals surface area contributed by atoms with Gasteiger partial charge in [0, 0.05) is 11.6 Å². The highest BCUT2D eigenvalue weighted by Gasteiger charge is 2.20. The quantitative estimate of drug-likeness (QED) is 0.426. The van der Waals surface area contributed by atoms with Gasteiger partial charge in [0.2, 0.25) is 0 Å². The number of para-hydroxylation sites is 1. The Morgan fingerprint density at radius 3 is 2.55 bits per heavy atom. The Morgan fingerprint density at radius 1 is 1.03 bits per heavy atom. The Morgan fingerprint density at radius 2 is 1.79 bits per heavy atom. The maximum Gasteiger partial charge on any atom is 0.257 e. The predicted molar refractivity (Wildman–Crippen MR) is 127 cm³/mol. The lowest BCUT2D eigenvalue weighted by molar-refractivity contribution is 0.102. The molecule has 0 bridgehead atoms. The Kier molecular flexibility index (Phi) is 5.18. The second-order valence-corrected chi connectivity index (χ2v) is 8.13. The minimum absolute atomic E-state index is 0.101. The number of carbonyl (C=O) groups is 1. The van der Waals surface area contributed by atoms with Crippen molar-refractivity contribution in [2.75, 3.05) is 5.32 Å². The Hall–Kier alpha value is -4.33. The van der Waals surface area contributed by atoms with Crippen LogP contribution < -0.4 is 5.32 Å². The van der Waals surface area contributed by atoms with E-state index in [1.807, 2.05) is 86.1 Å². The number of rotatable bonds is 5. The van der Waals surface area contributed by atoms with E-state index < -0.39 is 0 Å². The number of nitrogens with one attached hydrogen (secondary N) is 1. The van der Waals surface area contributed by atoms with Gasteiger partial charge < -0.3 is 5.32 Å². The first-order chi connectivity index (χ1) is 16.0. The molecule has 3 aromatic heterocycles. The lowest BCUT2D eigenvalue weighted by Gasteiger charge is -2.11. The first-order valence-electron chi connectivity index (χ1n) is 10.7. The molecule has 0 fully saturated rings. The molecule has 5 aromatic rings. The molecule has 0 atom stereocenters. The summed E-state index contributed by atoms with van der Waals surface area (Å²) in [7, 11) is 0. The molecule has 0 radical (unpaired) electrons. The highest BCUT2D eigenvalue weighted by molar-refractivity contribution is 6.12. The molecule has 1 N–H and O–H groups in total. The molecule has 0 saturated heterocycles. The van der Waals surface area contributed by atoms with Crippen LogP contribution >= 0.6 is 0 Å². The van der Waals surface area contributed by atoms with E-state index in [0.717, 1.165) is 22.5 Å². The van der Waals surface area contributed by atoms with Crippen molar-refractivity contribution >= 4 is 22.8 Å². The van der Waals surface area contributed by atoms with E-state index >= 15 is 0 Å². The molecule has 0 aliphatic carbocycles. The minimum Gasteiger partial charge on any atom is -0.304 e. The van der Waals surface area contributed by atoms with Crippen molar-refractivity contribution in [1.29, 1.82) is 0 Å². The van der Waals surface area contributed by atoms with E-state index in [0.29, 0.717) is 22.4 Å². The van der Waals surface area contributed by atoms with Crippen molar-refractivity contribution in [3.63, 3.8) is 0 Å². The average Bonchev–Trinajstić information content (AvgIpc) is 3.46. The fourth-order valence-corrected chi connectivity index (χ4v) is 3.79. The van der Waals surface area contributed by atoms with Gasteiger partial charge >= 0.3 is 0 Å². The highest BCUT2D eigenvalue weighted by Crippen LogP contribution is 2.28. The van der Waals surface area contributed by atoms with Gasteiger partial charge in [0.05, 0.1) is 34.7 Å². The molecule has 1 amide bonds. The number of pyridine rings is 1. The zero-order valence-electron chi connectivity index (χ0n) is 18.6. The normalized spacial score (nSPS) is 11.3. The van der Waals surface area contributed by atoms with Crippen molar-refractivity contribution in [3.05, 3.63) is 84.2 Å². The van der Waals surface area contributed by atoms with Crippen LogP contribution in [-0.2, 0) is 0 Å². The molecule has 8 heteroatoms. The number of hydrogen-bond donors (Lipinski definition) is 1. The molecule has 0 saturated carbocycles.